The minimum Gasteiger partial charge on any atom is -0.506 e. The highest BCUT2D eigenvalue weighted by atomic mass is 35.5. The average Bonchev–Trinajstić information content (AvgIpc) is 3.01. The number of phenolic OH excluding ortho intramolecular Hbond substituents is 1. The number of phenols is 1. The summed E-state index contributed by atoms with van der Waals surface area (Å²) in [6, 6.07) is 2.64. The van der Waals surface area contributed by atoms with Gasteiger partial charge in [0, 0.05) is 29.1 Å². The molecule has 2 fully saturated rings. The van der Waals surface area contributed by atoms with Gasteiger partial charge in [0.05, 0.1) is 5.02 Å². The Morgan fingerprint density at radius 3 is 2.18 bits per heavy atom. The SMILES string of the molecule is O=C(O)C(F)(F)F.O=C(O)C1N(Cc2cc(Cl)cc(Cl)c2O)CC12CCCC2. The van der Waals surface area contributed by atoms with E-state index in [2.05, 4.69) is 0 Å². The molecule has 1 saturated carbocycles. The van der Waals surface area contributed by atoms with Gasteiger partial charge in [0.15, 0.2) is 0 Å². The number of carboxylic acid groups (broad SMARTS) is 2. The fraction of sp³-hybridized carbons (Fsp3) is 0.529. The van der Waals surface area contributed by atoms with E-state index in [0.717, 1.165) is 32.2 Å². The van der Waals surface area contributed by atoms with E-state index < -0.39 is 24.2 Å². The summed E-state index contributed by atoms with van der Waals surface area (Å²) in [4.78, 5) is 22.4. The third-order valence-corrected chi connectivity index (χ3v) is 5.53. The third kappa shape index (κ3) is 4.82. The van der Waals surface area contributed by atoms with Crippen molar-refractivity contribution in [3.05, 3.63) is 27.7 Å². The predicted molar refractivity (Wildman–Crippen MR) is 94.6 cm³/mol. The summed E-state index contributed by atoms with van der Waals surface area (Å²) in [5, 5.41) is 27.3. The molecule has 1 saturated heterocycles. The fourth-order valence-corrected chi connectivity index (χ4v) is 4.43. The van der Waals surface area contributed by atoms with Crippen LogP contribution in [0.1, 0.15) is 31.2 Å². The van der Waals surface area contributed by atoms with Gasteiger partial charge in [-0.1, -0.05) is 36.0 Å². The van der Waals surface area contributed by atoms with E-state index in [1.54, 1.807) is 6.07 Å². The summed E-state index contributed by atoms with van der Waals surface area (Å²) in [6.45, 7) is 1.11. The van der Waals surface area contributed by atoms with Gasteiger partial charge in [-0.25, -0.2) is 4.79 Å². The molecule has 0 amide bonds. The minimum atomic E-state index is -5.08. The van der Waals surface area contributed by atoms with Gasteiger partial charge in [-0.3, -0.25) is 9.69 Å². The topological polar surface area (TPSA) is 98.1 Å². The van der Waals surface area contributed by atoms with Crippen LogP contribution in [0.2, 0.25) is 10.0 Å². The number of aliphatic carboxylic acids is 2. The van der Waals surface area contributed by atoms with Gasteiger partial charge in [-0.15, -0.1) is 0 Å². The van der Waals surface area contributed by atoms with Gasteiger partial charge in [0.2, 0.25) is 0 Å². The van der Waals surface area contributed by atoms with Crippen LogP contribution in [0.5, 0.6) is 5.75 Å². The first-order valence-corrected chi connectivity index (χ1v) is 9.07. The number of nitrogens with zero attached hydrogens (tertiary/aromatic N) is 1. The van der Waals surface area contributed by atoms with Crippen LogP contribution in [0.25, 0.3) is 0 Å². The van der Waals surface area contributed by atoms with Gasteiger partial charge >= 0.3 is 18.1 Å². The molecule has 1 heterocycles. The maximum atomic E-state index is 11.6. The van der Waals surface area contributed by atoms with Crippen molar-refractivity contribution in [1.82, 2.24) is 4.90 Å². The lowest BCUT2D eigenvalue weighted by Crippen LogP contribution is -2.66. The summed E-state index contributed by atoms with van der Waals surface area (Å²) in [6.07, 6.45) is -0.927. The zero-order valence-corrected chi connectivity index (χ0v) is 16.0. The molecule has 6 nitrogen and oxygen atoms in total. The summed E-state index contributed by atoms with van der Waals surface area (Å²) in [7, 11) is 0. The van der Waals surface area contributed by atoms with E-state index in [-0.39, 0.29) is 16.2 Å². The molecular weight excluding hydrogens is 426 g/mol. The number of halogens is 5. The Balaban J connectivity index is 0.000000345. The molecule has 1 atom stereocenters. The van der Waals surface area contributed by atoms with Crippen LogP contribution in [0.15, 0.2) is 12.1 Å². The number of aromatic hydroxyl groups is 1. The second-order valence-corrected chi connectivity index (χ2v) is 7.76. The standard InChI is InChI=1S/C15H17Cl2NO3.C2HF3O2/c16-10-5-9(12(19)11(17)6-10)7-18-8-15(3-1-2-4-15)13(18)14(20)21;3-2(4,5)1(6)7/h5-6,13,19H,1-4,7-8H2,(H,20,21);(H,6,7). The van der Waals surface area contributed by atoms with Crippen LogP contribution in [0.4, 0.5) is 13.2 Å². The highest BCUT2D eigenvalue weighted by molar-refractivity contribution is 6.35. The number of likely N-dealkylation sites (tertiary alicyclic amines) is 1. The molecule has 1 unspecified atom stereocenters. The van der Waals surface area contributed by atoms with Crippen molar-refractivity contribution in [3.8, 4) is 5.75 Å². The molecule has 1 aliphatic carbocycles. The molecule has 1 aliphatic heterocycles. The summed E-state index contributed by atoms with van der Waals surface area (Å²) in [5.74, 6) is -3.55. The Bertz CT molecular complexity index is 766. The molecule has 156 valence electrons. The van der Waals surface area contributed by atoms with E-state index in [1.165, 1.54) is 6.07 Å². The Kier molecular flexibility index (Phi) is 6.73. The maximum Gasteiger partial charge on any atom is 0.490 e. The Morgan fingerprint density at radius 1 is 1.18 bits per heavy atom. The summed E-state index contributed by atoms with van der Waals surface area (Å²) < 4.78 is 31.7. The van der Waals surface area contributed by atoms with Gasteiger partial charge in [-0.2, -0.15) is 13.2 Å². The van der Waals surface area contributed by atoms with Crippen molar-refractivity contribution in [2.45, 2.75) is 44.4 Å². The maximum absolute atomic E-state index is 11.6. The second kappa shape index (κ2) is 8.34. The molecule has 2 aliphatic rings. The quantitative estimate of drug-likeness (QED) is 0.648. The Morgan fingerprint density at radius 2 is 1.71 bits per heavy atom. The van der Waals surface area contributed by atoms with Crippen LogP contribution >= 0.6 is 23.2 Å². The lowest BCUT2D eigenvalue weighted by Gasteiger charge is -2.54. The highest BCUT2D eigenvalue weighted by Gasteiger charge is 2.57. The monoisotopic (exact) mass is 443 g/mol. The van der Waals surface area contributed by atoms with Crippen molar-refractivity contribution in [2.75, 3.05) is 6.54 Å². The van der Waals surface area contributed by atoms with Gasteiger partial charge in [0.25, 0.3) is 0 Å². The lowest BCUT2D eigenvalue weighted by molar-refractivity contribution is -0.192. The number of hydrogen-bond donors (Lipinski definition) is 3. The normalized spacial score (nSPS) is 21.0. The summed E-state index contributed by atoms with van der Waals surface area (Å²) in [5.41, 5.74) is 0.496. The van der Waals surface area contributed by atoms with E-state index in [9.17, 15) is 28.2 Å². The Labute approximate surface area is 168 Å². The number of carboxylic acids is 2. The molecule has 3 rings (SSSR count). The molecule has 1 aromatic rings. The zero-order valence-electron chi connectivity index (χ0n) is 14.5. The van der Waals surface area contributed by atoms with Crippen LogP contribution in [-0.2, 0) is 16.1 Å². The molecule has 0 bridgehead atoms. The summed E-state index contributed by atoms with van der Waals surface area (Å²) >= 11 is 11.9. The molecule has 0 aromatic heterocycles. The molecule has 1 spiro atoms. The fourth-order valence-electron chi connectivity index (χ4n) is 3.89. The van der Waals surface area contributed by atoms with E-state index in [4.69, 9.17) is 33.1 Å². The largest absolute Gasteiger partial charge is 0.506 e. The molecule has 11 heteroatoms. The number of carbonyl (C=O) groups is 2. The van der Waals surface area contributed by atoms with Crippen LogP contribution < -0.4 is 0 Å². The molecule has 3 N–H and O–H groups in total. The van der Waals surface area contributed by atoms with Crippen LogP contribution in [-0.4, -0.2) is 50.9 Å². The predicted octanol–water partition coefficient (Wildman–Crippen LogP) is 4.16. The molecule has 1 aromatic carbocycles. The average molecular weight is 444 g/mol. The number of hydrogen-bond acceptors (Lipinski definition) is 4. The van der Waals surface area contributed by atoms with Gasteiger partial charge in [-0.05, 0) is 25.0 Å². The van der Waals surface area contributed by atoms with Crippen molar-refractivity contribution in [2.24, 2.45) is 5.41 Å². The smallest absolute Gasteiger partial charge is 0.490 e. The first-order chi connectivity index (χ1) is 12.9. The molecular formula is C17H18Cl2F3NO5. The number of benzene rings is 1. The number of rotatable bonds is 3. The van der Waals surface area contributed by atoms with Gasteiger partial charge in [0.1, 0.15) is 11.8 Å². The molecule has 0 radical (unpaired) electrons. The van der Waals surface area contributed by atoms with Crippen LogP contribution in [0.3, 0.4) is 0 Å². The first-order valence-electron chi connectivity index (χ1n) is 8.31. The first kappa shape index (κ1) is 22.6. The van der Waals surface area contributed by atoms with Gasteiger partial charge < -0.3 is 15.3 Å². The minimum absolute atomic E-state index is 0.0161. The van der Waals surface area contributed by atoms with Crippen molar-refractivity contribution >= 4 is 35.1 Å². The van der Waals surface area contributed by atoms with Crippen molar-refractivity contribution in [1.29, 1.82) is 0 Å². The highest BCUT2D eigenvalue weighted by Crippen LogP contribution is 2.51. The van der Waals surface area contributed by atoms with E-state index in [0.29, 0.717) is 17.1 Å². The van der Waals surface area contributed by atoms with E-state index in [1.807, 2.05) is 4.90 Å². The third-order valence-electron chi connectivity index (χ3n) is 5.02. The number of alkyl halides is 3. The lowest BCUT2D eigenvalue weighted by atomic mass is 9.70. The molecule has 28 heavy (non-hydrogen) atoms. The second-order valence-electron chi connectivity index (χ2n) is 6.91. The van der Waals surface area contributed by atoms with Crippen molar-refractivity contribution in [3.63, 3.8) is 0 Å². The van der Waals surface area contributed by atoms with Crippen molar-refractivity contribution < 1.29 is 38.1 Å². The van der Waals surface area contributed by atoms with Crippen LogP contribution in [0, 0.1) is 5.41 Å². The van der Waals surface area contributed by atoms with E-state index >= 15 is 0 Å². The zero-order chi connectivity index (χ0) is 21.3. The Hall–Kier alpha value is -1.71.